The van der Waals surface area contributed by atoms with Gasteiger partial charge in [0.15, 0.2) is 0 Å². The van der Waals surface area contributed by atoms with Crippen molar-refractivity contribution in [3.8, 4) is 0 Å². The third kappa shape index (κ3) is 4.82. The number of aromatic nitrogens is 1. The van der Waals surface area contributed by atoms with Crippen molar-refractivity contribution in [2.24, 2.45) is 0 Å². The van der Waals surface area contributed by atoms with E-state index in [4.69, 9.17) is 0 Å². The number of alkyl halides is 3. The Morgan fingerprint density at radius 1 is 1.27 bits per heavy atom. The normalized spacial score (nSPS) is 14.1. The summed E-state index contributed by atoms with van der Waals surface area (Å²) >= 11 is 0.680. The summed E-state index contributed by atoms with van der Waals surface area (Å²) in [5.74, 6) is -0.931. The van der Waals surface area contributed by atoms with Gasteiger partial charge in [0, 0.05) is 16.8 Å². The van der Waals surface area contributed by atoms with Crippen molar-refractivity contribution in [3.63, 3.8) is 0 Å². The summed E-state index contributed by atoms with van der Waals surface area (Å²) in [7, 11) is 0. The molecule has 8 heteroatoms. The van der Waals surface area contributed by atoms with Crippen LogP contribution in [0.5, 0.6) is 0 Å². The molecule has 4 nitrogen and oxygen atoms in total. The van der Waals surface area contributed by atoms with Crippen molar-refractivity contribution in [2.45, 2.75) is 51.3 Å². The van der Waals surface area contributed by atoms with Gasteiger partial charge in [0.05, 0.1) is 6.42 Å². The molecule has 1 heterocycles. The second-order valence-corrected chi connectivity index (χ2v) is 7.04. The Balaban J connectivity index is 2.10. The minimum absolute atomic E-state index is 0.357. The van der Waals surface area contributed by atoms with Gasteiger partial charge in [-0.05, 0) is 37.5 Å². The Morgan fingerprint density at radius 3 is 2.42 bits per heavy atom. The number of nitrogens with zero attached hydrogens (tertiary/aromatic N) is 1. The molecule has 2 N–H and O–H groups in total. The largest absolute Gasteiger partial charge is 0.424 e. The van der Waals surface area contributed by atoms with Crippen LogP contribution in [0.15, 0.2) is 29.6 Å². The summed E-state index contributed by atoms with van der Waals surface area (Å²) in [5.41, 5.74) is -1.47. The van der Waals surface area contributed by atoms with E-state index < -0.39 is 29.1 Å². The lowest BCUT2D eigenvalue weighted by molar-refractivity contribution is -0.266. The van der Waals surface area contributed by atoms with E-state index in [1.165, 1.54) is 12.3 Å². The number of aliphatic hydroxyl groups is 1. The summed E-state index contributed by atoms with van der Waals surface area (Å²) in [4.78, 5) is 15.8. The molecule has 1 aromatic heterocycles. The maximum absolute atomic E-state index is 13.4. The highest BCUT2D eigenvalue weighted by Gasteiger charge is 2.58. The van der Waals surface area contributed by atoms with E-state index in [1.54, 1.807) is 12.1 Å². The van der Waals surface area contributed by atoms with Crippen LogP contribution in [-0.4, -0.2) is 22.2 Å². The van der Waals surface area contributed by atoms with Crippen LogP contribution in [0.4, 0.5) is 18.9 Å². The molecule has 0 fully saturated rings. The molecule has 2 aromatic rings. The molecule has 2 rings (SSSR count). The first-order chi connectivity index (χ1) is 12.2. The standard InChI is InChI=1S/C18H21F3N2O2S/c1-3-4-5-13-6-8-14(9-7-13)23-15(24)10-17(25,18(19,20)21)16-22-12(2)11-26-16/h6-9,11,25H,3-5,10H2,1-2H3,(H,23,24). The van der Waals surface area contributed by atoms with Gasteiger partial charge in [0.2, 0.25) is 11.5 Å². The van der Waals surface area contributed by atoms with Gasteiger partial charge in [-0.3, -0.25) is 4.79 Å². The van der Waals surface area contributed by atoms with Crippen molar-refractivity contribution in [3.05, 3.63) is 45.9 Å². The van der Waals surface area contributed by atoms with Gasteiger partial charge in [-0.25, -0.2) is 4.98 Å². The molecular weight excluding hydrogens is 365 g/mol. The summed E-state index contributed by atoms with van der Waals surface area (Å²) in [6.07, 6.45) is -3.16. The lowest BCUT2D eigenvalue weighted by Gasteiger charge is -2.27. The molecule has 0 bridgehead atoms. The van der Waals surface area contributed by atoms with Gasteiger partial charge >= 0.3 is 6.18 Å². The number of aryl methyl sites for hydroxylation is 2. The number of hydrogen-bond donors (Lipinski definition) is 2. The molecule has 0 saturated carbocycles. The fourth-order valence-corrected chi connectivity index (χ4v) is 3.33. The number of thiazole rings is 1. The number of anilines is 1. The summed E-state index contributed by atoms with van der Waals surface area (Å²) in [6, 6.07) is 6.93. The Hall–Kier alpha value is -1.93. The first-order valence-corrected chi connectivity index (χ1v) is 9.14. The highest BCUT2D eigenvalue weighted by atomic mass is 32.1. The number of nitrogens with one attached hydrogen (secondary N) is 1. The number of unbranched alkanes of at least 4 members (excludes halogenated alkanes) is 1. The molecule has 0 aliphatic carbocycles. The molecule has 1 amide bonds. The van der Waals surface area contributed by atoms with E-state index in [-0.39, 0.29) is 0 Å². The molecule has 1 unspecified atom stereocenters. The lowest BCUT2D eigenvalue weighted by Crippen LogP contribution is -2.45. The average molecular weight is 386 g/mol. The van der Waals surface area contributed by atoms with Crippen LogP contribution in [0.25, 0.3) is 0 Å². The molecule has 142 valence electrons. The Morgan fingerprint density at radius 2 is 1.92 bits per heavy atom. The highest BCUT2D eigenvalue weighted by Crippen LogP contribution is 2.42. The van der Waals surface area contributed by atoms with Crippen LogP contribution in [0.1, 0.15) is 42.5 Å². The Labute approximate surface area is 154 Å². The van der Waals surface area contributed by atoms with Crippen LogP contribution < -0.4 is 5.32 Å². The fraction of sp³-hybridized carbons (Fsp3) is 0.444. The molecule has 1 atom stereocenters. The van der Waals surface area contributed by atoms with E-state index >= 15 is 0 Å². The van der Waals surface area contributed by atoms with Crippen molar-refractivity contribution >= 4 is 22.9 Å². The topological polar surface area (TPSA) is 62.2 Å². The van der Waals surface area contributed by atoms with Gasteiger partial charge < -0.3 is 10.4 Å². The first kappa shape index (κ1) is 20.4. The van der Waals surface area contributed by atoms with Gasteiger partial charge in [-0.1, -0.05) is 25.5 Å². The predicted octanol–water partition coefficient (Wildman–Crippen LogP) is 4.57. The summed E-state index contributed by atoms with van der Waals surface area (Å²) < 4.78 is 40.2. The number of rotatable bonds is 7. The number of halogens is 3. The number of carbonyl (C=O) groups excluding carboxylic acids is 1. The molecule has 26 heavy (non-hydrogen) atoms. The van der Waals surface area contributed by atoms with Gasteiger partial charge in [0.1, 0.15) is 5.01 Å². The predicted molar refractivity (Wildman–Crippen MR) is 95.1 cm³/mol. The SMILES string of the molecule is CCCCc1ccc(NC(=O)CC(O)(c2nc(C)cs2)C(F)(F)F)cc1. The maximum Gasteiger partial charge on any atom is 0.424 e. The van der Waals surface area contributed by atoms with Crippen molar-refractivity contribution in [2.75, 3.05) is 5.32 Å². The molecular formula is C18H21F3N2O2S. The second-order valence-electron chi connectivity index (χ2n) is 6.18. The van der Waals surface area contributed by atoms with Gasteiger partial charge in [-0.15, -0.1) is 11.3 Å². The van der Waals surface area contributed by atoms with E-state index in [9.17, 15) is 23.1 Å². The zero-order valence-corrected chi connectivity index (χ0v) is 15.4. The fourth-order valence-electron chi connectivity index (χ4n) is 2.41. The van der Waals surface area contributed by atoms with Crippen molar-refractivity contribution in [1.82, 2.24) is 4.98 Å². The number of amides is 1. The minimum Gasteiger partial charge on any atom is -0.374 e. The van der Waals surface area contributed by atoms with E-state index in [0.717, 1.165) is 24.8 Å². The second kappa shape index (κ2) is 8.18. The van der Waals surface area contributed by atoms with Gasteiger partial charge in [-0.2, -0.15) is 13.2 Å². The smallest absolute Gasteiger partial charge is 0.374 e. The Kier molecular flexibility index (Phi) is 6.41. The highest BCUT2D eigenvalue weighted by molar-refractivity contribution is 7.09. The van der Waals surface area contributed by atoms with Crippen LogP contribution in [-0.2, 0) is 16.8 Å². The van der Waals surface area contributed by atoms with E-state index in [2.05, 4.69) is 17.2 Å². The van der Waals surface area contributed by atoms with Crippen LogP contribution in [0.2, 0.25) is 0 Å². The minimum atomic E-state index is -5.02. The zero-order chi connectivity index (χ0) is 19.4. The average Bonchev–Trinajstić information content (AvgIpc) is 3.00. The quantitative estimate of drug-likeness (QED) is 0.733. The third-order valence-electron chi connectivity index (χ3n) is 3.91. The monoisotopic (exact) mass is 386 g/mol. The van der Waals surface area contributed by atoms with E-state index in [1.807, 2.05) is 12.1 Å². The maximum atomic E-state index is 13.4. The molecule has 0 saturated heterocycles. The van der Waals surface area contributed by atoms with Gasteiger partial charge in [0.25, 0.3) is 0 Å². The molecule has 0 spiro atoms. The molecule has 0 aliphatic rings. The third-order valence-corrected chi connectivity index (χ3v) is 5.03. The molecule has 0 aliphatic heterocycles. The first-order valence-electron chi connectivity index (χ1n) is 8.26. The zero-order valence-electron chi connectivity index (χ0n) is 14.6. The Bertz CT molecular complexity index is 744. The summed E-state index contributed by atoms with van der Waals surface area (Å²) in [5, 5.41) is 13.5. The van der Waals surface area contributed by atoms with Crippen molar-refractivity contribution in [1.29, 1.82) is 0 Å². The molecule has 0 radical (unpaired) electrons. The van der Waals surface area contributed by atoms with Crippen LogP contribution in [0.3, 0.4) is 0 Å². The van der Waals surface area contributed by atoms with Crippen LogP contribution in [0, 0.1) is 6.92 Å². The lowest BCUT2D eigenvalue weighted by atomic mass is 9.99. The summed E-state index contributed by atoms with van der Waals surface area (Å²) in [6.45, 7) is 3.61. The van der Waals surface area contributed by atoms with E-state index in [0.29, 0.717) is 22.7 Å². The number of benzene rings is 1. The number of hydrogen-bond acceptors (Lipinski definition) is 4. The molecule has 1 aromatic carbocycles. The van der Waals surface area contributed by atoms with Crippen LogP contribution >= 0.6 is 11.3 Å². The number of carbonyl (C=O) groups is 1. The van der Waals surface area contributed by atoms with Crippen molar-refractivity contribution < 1.29 is 23.1 Å².